The predicted molar refractivity (Wildman–Crippen MR) is 126 cm³/mol. The Balaban J connectivity index is 1.43. The van der Waals surface area contributed by atoms with Crippen LogP contribution in [-0.2, 0) is 0 Å². The molecule has 32 heavy (non-hydrogen) atoms. The van der Waals surface area contributed by atoms with Gasteiger partial charge in [-0.2, -0.15) is 4.99 Å². The lowest BCUT2D eigenvalue weighted by Gasteiger charge is -2.07. The lowest BCUT2D eigenvalue weighted by atomic mass is 10.0. The zero-order chi connectivity index (χ0) is 22.5. The minimum absolute atomic E-state index is 0.0373. The van der Waals surface area contributed by atoms with E-state index in [1.165, 1.54) is 11.3 Å². The molecule has 7 nitrogen and oxygen atoms in total. The topological polar surface area (TPSA) is 113 Å². The van der Waals surface area contributed by atoms with Crippen LogP contribution in [0.3, 0.4) is 0 Å². The van der Waals surface area contributed by atoms with Gasteiger partial charge in [0, 0.05) is 10.9 Å². The van der Waals surface area contributed by atoms with E-state index in [0.717, 1.165) is 28.1 Å². The number of thiazole rings is 1. The number of benzene rings is 3. The van der Waals surface area contributed by atoms with Gasteiger partial charge in [0.25, 0.3) is 0 Å². The predicted octanol–water partition coefficient (Wildman–Crippen LogP) is 4.61. The average Bonchev–Trinajstić information content (AvgIpc) is 3.27. The Labute approximate surface area is 189 Å². The van der Waals surface area contributed by atoms with Crippen molar-refractivity contribution in [2.75, 3.05) is 7.11 Å². The van der Waals surface area contributed by atoms with E-state index in [1.807, 2.05) is 53.9 Å². The first-order valence-corrected chi connectivity index (χ1v) is 10.5. The Hall–Kier alpha value is -4.17. The number of methoxy groups -OCH3 is 1. The van der Waals surface area contributed by atoms with Crippen molar-refractivity contribution in [2.45, 2.75) is 0 Å². The molecule has 1 heterocycles. The summed E-state index contributed by atoms with van der Waals surface area (Å²) >= 11 is 1.34. The van der Waals surface area contributed by atoms with Crippen LogP contribution in [0.25, 0.3) is 22.4 Å². The van der Waals surface area contributed by atoms with Gasteiger partial charge < -0.3 is 20.9 Å². The fourth-order valence-corrected chi connectivity index (χ4v) is 3.73. The molecule has 4 aromatic rings. The molecule has 4 rings (SSSR count). The van der Waals surface area contributed by atoms with Crippen molar-refractivity contribution >= 4 is 28.4 Å². The molecule has 0 bridgehead atoms. The zero-order valence-corrected chi connectivity index (χ0v) is 18.0. The van der Waals surface area contributed by atoms with E-state index in [9.17, 15) is 4.79 Å². The van der Waals surface area contributed by atoms with E-state index in [2.05, 4.69) is 9.98 Å². The minimum Gasteiger partial charge on any atom is -0.497 e. The summed E-state index contributed by atoms with van der Waals surface area (Å²) in [5, 5.41) is 2.33. The summed E-state index contributed by atoms with van der Waals surface area (Å²) in [7, 11) is 1.63. The van der Waals surface area contributed by atoms with Crippen LogP contribution in [0.2, 0.25) is 0 Å². The molecule has 0 amide bonds. The highest BCUT2D eigenvalue weighted by Gasteiger charge is 2.10. The molecular weight excluding hydrogens is 424 g/mol. The minimum atomic E-state index is -0.432. The van der Waals surface area contributed by atoms with Crippen molar-refractivity contribution in [3.63, 3.8) is 0 Å². The Morgan fingerprint density at radius 2 is 1.62 bits per heavy atom. The van der Waals surface area contributed by atoms with Gasteiger partial charge in [0.15, 0.2) is 5.96 Å². The summed E-state index contributed by atoms with van der Waals surface area (Å²) in [6.07, 6.45) is 0. The number of carbonyl (C=O) groups is 1. The van der Waals surface area contributed by atoms with Crippen molar-refractivity contribution in [1.82, 2.24) is 4.98 Å². The molecule has 0 unspecified atom stereocenters. The third-order valence-corrected chi connectivity index (χ3v) is 5.34. The van der Waals surface area contributed by atoms with Gasteiger partial charge in [0.1, 0.15) is 11.5 Å². The molecule has 0 saturated heterocycles. The van der Waals surface area contributed by atoms with Crippen molar-refractivity contribution < 1.29 is 14.3 Å². The second-order valence-electron chi connectivity index (χ2n) is 6.78. The van der Waals surface area contributed by atoms with Gasteiger partial charge in [-0.25, -0.2) is 9.78 Å². The number of nitrogens with zero attached hydrogens (tertiary/aromatic N) is 2. The van der Waals surface area contributed by atoms with Crippen molar-refractivity contribution in [1.29, 1.82) is 0 Å². The number of carbonyl (C=O) groups excluding carboxylic acids is 1. The molecule has 0 aliphatic carbocycles. The summed E-state index contributed by atoms with van der Waals surface area (Å²) in [5.41, 5.74) is 14.8. The Morgan fingerprint density at radius 3 is 2.31 bits per heavy atom. The Morgan fingerprint density at radius 1 is 0.906 bits per heavy atom. The monoisotopic (exact) mass is 444 g/mol. The van der Waals surface area contributed by atoms with Gasteiger partial charge in [-0.1, -0.05) is 24.3 Å². The van der Waals surface area contributed by atoms with Gasteiger partial charge in [0.05, 0.1) is 18.4 Å². The number of hydrogen-bond acceptors (Lipinski definition) is 6. The summed E-state index contributed by atoms with van der Waals surface area (Å²) in [4.78, 5) is 20.8. The first kappa shape index (κ1) is 21.1. The average molecular weight is 445 g/mol. The smallest absolute Gasteiger partial charge is 0.343 e. The van der Waals surface area contributed by atoms with E-state index in [4.69, 9.17) is 20.9 Å². The van der Waals surface area contributed by atoms with Gasteiger partial charge in [0.2, 0.25) is 5.13 Å². The molecular formula is C24H20N4O3S. The first-order valence-electron chi connectivity index (χ1n) is 9.64. The van der Waals surface area contributed by atoms with Crippen LogP contribution in [0, 0.1) is 0 Å². The first-order chi connectivity index (χ1) is 15.5. The number of aromatic nitrogens is 1. The second-order valence-corrected chi connectivity index (χ2v) is 7.61. The molecule has 0 aliphatic heterocycles. The number of hydrogen-bond donors (Lipinski definition) is 2. The normalized spacial score (nSPS) is 10.4. The number of aliphatic imine (C=N–C) groups is 1. The maximum atomic E-state index is 12.5. The molecule has 8 heteroatoms. The molecule has 0 spiro atoms. The van der Waals surface area contributed by atoms with Gasteiger partial charge in [-0.05, 0) is 59.7 Å². The van der Waals surface area contributed by atoms with Crippen molar-refractivity contribution in [2.24, 2.45) is 16.5 Å². The van der Waals surface area contributed by atoms with E-state index in [0.29, 0.717) is 16.4 Å². The number of nitrogens with two attached hydrogens (primary N) is 2. The second kappa shape index (κ2) is 9.32. The van der Waals surface area contributed by atoms with Crippen LogP contribution in [0.15, 0.2) is 83.2 Å². The van der Waals surface area contributed by atoms with Crippen molar-refractivity contribution in [3.8, 4) is 33.9 Å². The SMILES string of the molecule is COc1cccc(-c2ccc(C(=O)Oc3ccc(-c4csc(N=C(N)N)n4)cc3)cc2)c1. The molecule has 0 atom stereocenters. The van der Waals surface area contributed by atoms with Crippen molar-refractivity contribution in [3.05, 3.63) is 83.7 Å². The summed E-state index contributed by atoms with van der Waals surface area (Å²) in [5.74, 6) is 0.748. The fraction of sp³-hybridized carbons (Fsp3) is 0.0417. The molecule has 0 aliphatic rings. The highest BCUT2D eigenvalue weighted by atomic mass is 32.1. The van der Waals surface area contributed by atoms with Crippen LogP contribution in [-0.4, -0.2) is 24.0 Å². The lowest BCUT2D eigenvalue weighted by molar-refractivity contribution is 0.0735. The molecule has 0 fully saturated rings. The highest BCUT2D eigenvalue weighted by Crippen LogP contribution is 2.28. The Kier molecular flexibility index (Phi) is 6.14. The maximum absolute atomic E-state index is 12.5. The van der Waals surface area contributed by atoms with Crippen LogP contribution >= 0.6 is 11.3 Å². The standard InChI is InChI=1S/C24H20N4O3S/c1-30-20-4-2-3-18(13-20)15-5-7-17(8-6-15)22(29)31-19-11-9-16(10-12-19)21-14-32-24(27-21)28-23(25)26/h2-14H,1H3,(H4,25,26,27,28). The van der Waals surface area contributed by atoms with Gasteiger partial charge in [-0.15, -0.1) is 11.3 Å². The lowest BCUT2D eigenvalue weighted by Crippen LogP contribution is -2.21. The molecule has 3 aromatic carbocycles. The van der Waals surface area contributed by atoms with Crippen LogP contribution in [0.4, 0.5) is 5.13 Å². The van der Waals surface area contributed by atoms with Crippen LogP contribution < -0.4 is 20.9 Å². The number of ether oxygens (including phenoxy) is 2. The van der Waals surface area contributed by atoms with Gasteiger partial charge in [-0.3, -0.25) is 0 Å². The third kappa shape index (κ3) is 4.93. The van der Waals surface area contributed by atoms with Crippen LogP contribution in [0.5, 0.6) is 11.5 Å². The summed E-state index contributed by atoms with van der Waals surface area (Å²) < 4.78 is 10.8. The number of rotatable bonds is 6. The largest absolute Gasteiger partial charge is 0.497 e. The number of guanidine groups is 1. The molecule has 0 saturated carbocycles. The fourth-order valence-electron chi connectivity index (χ4n) is 3.02. The summed E-state index contributed by atoms with van der Waals surface area (Å²) in [6, 6.07) is 22.1. The number of esters is 1. The quantitative estimate of drug-likeness (QED) is 0.194. The van der Waals surface area contributed by atoms with Crippen LogP contribution in [0.1, 0.15) is 10.4 Å². The molecule has 1 aromatic heterocycles. The molecule has 160 valence electrons. The highest BCUT2D eigenvalue weighted by molar-refractivity contribution is 7.13. The summed E-state index contributed by atoms with van der Waals surface area (Å²) in [6.45, 7) is 0. The zero-order valence-electron chi connectivity index (χ0n) is 17.2. The third-order valence-electron chi connectivity index (χ3n) is 4.60. The molecule has 0 radical (unpaired) electrons. The van der Waals surface area contributed by atoms with E-state index < -0.39 is 5.97 Å². The van der Waals surface area contributed by atoms with E-state index in [1.54, 1.807) is 31.4 Å². The van der Waals surface area contributed by atoms with E-state index >= 15 is 0 Å². The van der Waals surface area contributed by atoms with Gasteiger partial charge >= 0.3 is 5.97 Å². The van der Waals surface area contributed by atoms with E-state index in [-0.39, 0.29) is 5.96 Å². The maximum Gasteiger partial charge on any atom is 0.343 e. The Bertz CT molecular complexity index is 1260. The molecule has 4 N–H and O–H groups in total.